The molecule has 0 amide bonds. The molecule has 0 aromatic rings. The molecule has 9 heavy (non-hydrogen) atoms. The molecule has 0 N–H and O–H groups in total. The summed E-state index contributed by atoms with van der Waals surface area (Å²) in [6, 6.07) is 0. The Bertz CT molecular complexity index is 149. The summed E-state index contributed by atoms with van der Waals surface area (Å²) in [4.78, 5) is 0. The number of rotatable bonds is 2. The average molecular weight is 157 g/mol. The normalized spacial score (nSPS) is 19.8. The van der Waals surface area contributed by atoms with E-state index < -0.39 is 0 Å². The van der Waals surface area contributed by atoms with Crippen LogP contribution in [0.3, 0.4) is 0 Å². The Labute approximate surface area is 67.7 Å². The van der Waals surface area contributed by atoms with Gasteiger partial charge in [-0.15, -0.1) is 0 Å². The van der Waals surface area contributed by atoms with Crippen molar-refractivity contribution in [2.45, 2.75) is 19.4 Å². The molecule has 0 fully saturated rings. The summed E-state index contributed by atoms with van der Waals surface area (Å²) < 4.78 is 5.13. The van der Waals surface area contributed by atoms with Gasteiger partial charge in [0.2, 0.25) is 0 Å². The molecule has 2 heteroatoms. The van der Waals surface area contributed by atoms with Crippen molar-refractivity contribution in [2.24, 2.45) is 0 Å². The van der Waals surface area contributed by atoms with Crippen LogP contribution >= 0.6 is 0 Å². The van der Waals surface area contributed by atoms with E-state index in [0.29, 0.717) is 6.10 Å². The van der Waals surface area contributed by atoms with E-state index in [1.54, 1.807) is 20.8 Å². The topological polar surface area (TPSA) is 9.23 Å². The molecule has 0 heterocycles. The monoisotopic (exact) mass is 157 g/mol. The van der Waals surface area contributed by atoms with Gasteiger partial charge in [0.1, 0.15) is 0 Å². The maximum atomic E-state index is 5.13. The fourth-order valence-corrected chi connectivity index (χ4v) is 1.08. The molecule has 0 radical (unpaired) electrons. The first-order valence-corrected chi connectivity index (χ1v) is 3.66. The Hall–Kier alpha value is 0.154. The van der Waals surface area contributed by atoms with Gasteiger partial charge in [-0.1, -0.05) is 0 Å². The van der Waals surface area contributed by atoms with E-state index in [4.69, 9.17) is 3.32 Å². The summed E-state index contributed by atoms with van der Waals surface area (Å²) in [7, 11) is 0. The molecule has 0 aliphatic heterocycles. The molecule has 0 saturated heterocycles. The predicted octanol–water partition coefficient (Wildman–Crippen LogP) is 1.74. The van der Waals surface area contributed by atoms with Crippen molar-refractivity contribution in [3.05, 3.63) is 23.8 Å². The molecule has 1 aliphatic carbocycles. The van der Waals surface area contributed by atoms with Crippen molar-refractivity contribution in [3.63, 3.8) is 0 Å². The molecule has 1 aliphatic rings. The molecule has 0 aromatic heterocycles. The van der Waals surface area contributed by atoms with E-state index in [0.717, 1.165) is 6.42 Å². The maximum absolute atomic E-state index is 5.13. The summed E-state index contributed by atoms with van der Waals surface area (Å²) in [5.41, 5.74) is 1.37. The second kappa shape index (κ2) is 3.35. The molecule has 0 bridgehead atoms. The van der Waals surface area contributed by atoms with E-state index in [1.807, 2.05) is 0 Å². The van der Waals surface area contributed by atoms with Crippen LogP contribution in [0.1, 0.15) is 13.3 Å². The number of allylic oxidation sites excluding steroid dienone is 3. The summed E-state index contributed by atoms with van der Waals surface area (Å²) in [6.07, 6.45) is 7.69. The van der Waals surface area contributed by atoms with E-state index >= 15 is 0 Å². The number of hydrogen-bond acceptors (Lipinski definition) is 1. The predicted molar refractivity (Wildman–Crippen MR) is 32.4 cm³/mol. The van der Waals surface area contributed by atoms with Crippen LogP contribution < -0.4 is 0 Å². The zero-order valence-electron chi connectivity index (χ0n) is 5.42. The molecule has 1 rings (SSSR count). The quantitative estimate of drug-likeness (QED) is 0.554. The van der Waals surface area contributed by atoms with Gasteiger partial charge in [0.15, 0.2) is 0 Å². The summed E-state index contributed by atoms with van der Waals surface area (Å²) in [5, 5.41) is 0. The van der Waals surface area contributed by atoms with Crippen molar-refractivity contribution in [1.82, 2.24) is 0 Å². The second-order valence-electron chi connectivity index (χ2n) is 2.13. The fraction of sp³-hybridized carbons (Fsp3) is 0.429. The van der Waals surface area contributed by atoms with Gasteiger partial charge < -0.3 is 0 Å². The Morgan fingerprint density at radius 3 is 3.00 bits per heavy atom. The van der Waals surface area contributed by atoms with Crippen molar-refractivity contribution in [2.75, 3.05) is 0 Å². The third kappa shape index (κ3) is 1.78. The minimum absolute atomic E-state index is 0.292. The number of hydrogen-bond donors (Lipinski definition) is 0. The summed E-state index contributed by atoms with van der Waals surface area (Å²) in [5.74, 6) is 0. The fourth-order valence-electron chi connectivity index (χ4n) is 0.841. The van der Waals surface area contributed by atoms with Crippen molar-refractivity contribution in [1.29, 1.82) is 0 Å². The Morgan fingerprint density at radius 2 is 2.56 bits per heavy atom. The molecule has 0 saturated carbocycles. The van der Waals surface area contributed by atoms with E-state index in [2.05, 4.69) is 25.2 Å². The van der Waals surface area contributed by atoms with Crippen LogP contribution in [-0.4, -0.2) is 6.10 Å². The van der Waals surface area contributed by atoms with Gasteiger partial charge in [-0.25, -0.2) is 0 Å². The van der Waals surface area contributed by atoms with Crippen LogP contribution in [0.2, 0.25) is 0 Å². The van der Waals surface area contributed by atoms with Gasteiger partial charge in [0.05, 0.1) is 0 Å². The first kappa shape index (κ1) is 7.26. The van der Waals surface area contributed by atoms with Crippen LogP contribution in [0.5, 0.6) is 0 Å². The van der Waals surface area contributed by atoms with Crippen molar-refractivity contribution < 1.29 is 24.1 Å². The summed E-state index contributed by atoms with van der Waals surface area (Å²) in [6.45, 7) is 2.07. The van der Waals surface area contributed by atoms with E-state index in [1.165, 1.54) is 5.57 Å². The molecule has 1 unspecified atom stereocenters. The molecule has 0 aromatic carbocycles. The first-order valence-electron chi connectivity index (χ1n) is 3.02. The van der Waals surface area contributed by atoms with Crippen molar-refractivity contribution in [3.8, 4) is 0 Å². The standard InChI is InChI=1S/C7H9O.Ti/c1-6(8)7-4-2-3-5-7;/h2-4,6H,5H2,1H3;/q-1;+1. The van der Waals surface area contributed by atoms with Gasteiger partial charge in [0.25, 0.3) is 0 Å². The Kier molecular flexibility index (Phi) is 2.71. The molecule has 0 spiro atoms. The van der Waals surface area contributed by atoms with Gasteiger partial charge in [-0.3, -0.25) is 0 Å². The third-order valence-corrected chi connectivity index (χ3v) is 2.05. The molecule has 1 atom stereocenters. The molecular weight excluding hydrogens is 148 g/mol. The van der Waals surface area contributed by atoms with Crippen LogP contribution in [0, 0.1) is 0 Å². The van der Waals surface area contributed by atoms with Gasteiger partial charge in [-0.2, -0.15) is 0 Å². The Balaban J connectivity index is 2.45. The van der Waals surface area contributed by atoms with Crippen LogP contribution in [0.4, 0.5) is 0 Å². The minimum atomic E-state index is 0.292. The van der Waals surface area contributed by atoms with Gasteiger partial charge in [0, 0.05) is 0 Å². The van der Waals surface area contributed by atoms with Crippen LogP contribution in [-0.2, 0) is 24.1 Å². The van der Waals surface area contributed by atoms with Crippen molar-refractivity contribution >= 4 is 0 Å². The molecule has 47 valence electrons. The average Bonchev–Trinajstić information content (AvgIpc) is 2.37. The van der Waals surface area contributed by atoms with Gasteiger partial charge in [-0.05, 0) is 0 Å². The first-order chi connectivity index (χ1) is 4.34. The SMILES string of the molecule is CC([O][Ti])C1=CC=CC1. The zero-order valence-corrected chi connectivity index (χ0v) is 6.99. The van der Waals surface area contributed by atoms with Crippen LogP contribution in [0.25, 0.3) is 0 Å². The van der Waals surface area contributed by atoms with Crippen LogP contribution in [0.15, 0.2) is 23.8 Å². The van der Waals surface area contributed by atoms with E-state index in [9.17, 15) is 0 Å². The molecule has 1 nitrogen and oxygen atoms in total. The second-order valence-corrected chi connectivity index (χ2v) is 2.50. The Morgan fingerprint density at radius 1 is 1.78 bits per heavy atom. The van der Waals surface area contributed by atoms with E-state index in [-0.39, 0.29) is 0 Å². The van der Waals surface area contributed by atoms with Gasteiger partial charge >= 0.3 is 67.4 Å². The third-order valence-electron chi connectivity index (χ3n) is 1.50. The molecular formula is C7H9OTi. The zero-order chi connectivity index (χ0) is 6.69. The summed E-state index contributed by atoms with van der Waals surface area (Å²) >= 11 is 1.74.